The molecule has 1 heterocycles. The van der Waals surface area contributed by atoms with Gasteiger partial charge in [-0.2, -0.15) is 0 Å². The van der Waals surface area contributed by atoms with Crippen molar-refractivity contribution < 1.29 is 23.9 Å². The quantitative estimate of drug-likeness (QED) is 0.446. The zero-order valence-corrected chi connectivity index (χ0v) is 19.8. The van der Waals surface area contributed by atoms with Gasteiger partial charge in [0.15, 0.2) is 5.78 Å². The van der Waals surface area contributed by atoms with Crippen molar-refractivity contribution in [3.05, 3.63) is 12.2 Å². The predicted octanol–water partition coefficient (Wildman–Crippen LogP) is 1.40. The summed E-state index contributed by atoms with van der Waals surface area (Å²) in [5.41, 5.74) is -0.453. The van der Waals surface area contributed by atoms with Gasteiger partial charge in [-0.1, -0.05) is 32.9 Å². The van der Waals surface area contributed by atoms with Gasteiger partial charge in [-0.25, -0.2) is 0 Å². The maximum absolute atomic E-state index is 12.8. The fourth-order valence-electron chi connectivity index (χ4n) is 4.78. The molecule has 2 aliphatic carbocycles. The number of hydrogen-bond acceptors (Lipinski definition) is 6. The monoisotopic (exact) mass is 447 g/mol. The second-order valence-corrected chi connectivity index (χ2v) is 10.4. The third-order valence-corrected chi connectivity index (χ3v) is 6.87. The fraction of sp³-hybridized carbons (Fsp3) is 0.750. The Morgan fingerprint density at radius 2 is 1.84 bits per heavy atom. The van der Waals surface area contributed by atoms with Crippen LogP contribution in [0.4, 0.5) is 0 Å². The number of esters is 1. The summed E-state index contributed by atoms with van der Waals surface area (Å²) in [6.45, 7) is 9.20. The zero-order chi connectivity index (χ0) is 23.5. The third kappa shape index (κ3) is 6.18. The molecule has 0 spiro atoms. The molecule has 8 heteroatoms. The molecule has 1 aliphatic heterocycles. The van der Waals surface area contributed by atoms with Gasteiger partial charge in [0.25, 0.3) is 0 Å². The number of Topliss-reactive ketones (excluding diaryl/α,β-unsaturated/α-hetero) is 1. The molecule has 32 heavy (non-hydrogen) atoms. The molecular formula is C24H37N3O5. The zero-order valence-electron chi connectivity index (χ0n) is 19.8. The average Bonchev–Trinajstić information content (AvgIpc) is 3.35. The number of fused-ring (bicyclic) bond motifs is 2. The Morgan fingerprint density at radius 3 is 2.44 bits per heavy atom. The molecule has 0 radical (unpaired) electrons. The Balaban J connectivity index is 1.48. The summed E-state index contributed by atoms with van der Waals surface area (Å²) in [6, 6.07) is -0.224. The van der Waals surface area contributed by atoms with E-state index in [4.69, 9.17) is 4.74 Å². The van der Waals surface area contributed by atoms with E-state index in [0.29, 0.717) is 38.0 Å². The molecule has 8 nitrogen and oxygen atoms in total. The number of nitrogens with one attached hydrogen (secondary N) is 1. The minimum atomic E-state index is -0.453. The van der Waals surface area contributed by atoms with Crippen LogP contribution in [0.3, 0.4) is 0 Å². The first-order valence-corrected chi connectivity index (χ1v) is 11.7. The minimum absolute atomic E-state index is 0.0345. The van der Waals surface area contributed by atoms with E-state index in [-0.39, 0.29) is 55.1 Å². The van der Waals surface area contributed by atoms with Gasteiger partial charge in [-0.05, 0) is 24.7 Å². The van der Waals surface area contributed by atoms with Crippen LogP contribution in [0.2, 0.25) is 0 Å². The highest BCUT2D eigenvalue weighted by molar-refractivity contribution is 5.85. The van der Waals surface area contributed by atoms with Crippen molar-refractivity contribution in [3.8, 4) is 0 Å². The number of carbonyl (C=O) groups is 4. The van der Waals surface area contributed by atoms with Gasteiger partial charge >= 0.3 is 5.97 Å². The highest BCUT2D eigenvalue weighted by atomic mass is 16.5. The standard InChI is InChI=1S/C24H37N3O5/c1-16(28)32-15-19-13-27(10-9-26(19)14-21(29)24(2,3)4)22(30)7-8-25-23(31)20-12-17-5-6-18(20)11-17/h5-6,17-20H,7-15H2,1-4H3,(H,25,31). The topological polar surface area (TPSA) is 96.0 Å². The van der Waals surface area contributed by atoms with Crippen LogP contribution >= 0.6 is 0 Å². The molecule has 4 unspecified atom stereocenters. The molecule has 0 aromatic heterocycles. The Morgan fingerprint density at radius 1 is 1.09 bits per heavy atom. The molecule has 1 N–H and O–H groups in total. The van der Waals surface area contributed by atoms with E-state index in [0.717, 1.165) is 12.8 Å². The van der Waals surface area contributed by atoms with Gasteiger partial charge in [-0.3, -0.25) is 24.1 Å². The Kier molecular flexibility index (Phi) is 7.75. The Labute approximate surface area is 190 Å². The van der Waals surface area contributed by atoms with Crippen molar-refractivity contribution in [1.82, 2.24) is 15.1 Å². The molecular weight excluding hydrogens is 410 g/mol. The lowest BCUT2D eigenvalue weighted by atomic mass is 9.90. The maximum atomic E-state index is 12.8. The first-order chi connectivity index (χ1) is 15.0. The number of rotatable bonds is 8. The van der Waals surface area contributed by atoms with Crippen LogP contribution in [-0.4, -0.2) is 78.7 Å². The summed E-state index contributed by atoms with van der Waals surface area (Å²) in [4.78, 5) is 52.8. The normalized spacial score (nSPS) is 27.4. The van der Waals surface area contributed by atoms with E-state index in [9.17, 15) is 19.2 Å². The third-order valence-electron chi connectivity index (χ3n) is 6.87. The second kappa shape index (κ2) is 10.1. The van der Waals surface area contributed by atoms with E-state index >= 15 is 0 Å². The first kappa shape index (κ1) is 24.4. The van der Waals surface area contributed by atoms with Gasteiger partial charge in [0.2, 0.25) is 11.8 Å². The summed E-state index contributed by atoms with van der Waals surface area (Å²) >= 11 is 0. The van der Waals surface area contributed by atoms with Gasteiger partial charge in [0.05, 0.1) is 12.6 Å². The van der Waals surface area contributed by atoms with Crippen LogP contribution in [0.1, 0.15) is 47.0 Å². The van der Waals surface area contributed by atoms with Crippen molar-refractivity contribution >= 4 is 23.6 Å². The summed E-state index contributed by atoms with van der Waals surface area (Å²) in [7, 11) is 0. The summed E-state index contributed by atoms with van der Waals surface area (Å²) in [5.74, 6) is 0.671. The number of amides is 2. The molecule has 1 saturated carbocycles. The van der Waals surface area contributed by atoms with Gasteiger partial charge in [0.1, 0.15) is 6.61 Å². The number of hydrogen-bond donors (Lipinski definition) is 1. The molecule has 0 aromatic carbocycles. The van der Waals surface area contributed by atoms with Gasteiger partial charge in [0, 0.05) is 50.9 Å². The van der Waals surface area contributed by atoms with Crippen molar-refractivity contribution in [1.29, 1.82) is 0 Å². The molecule has 4 atom stereocenters. The predicted molar refractivity (Wildman–Crippen MR) is 120 cm³/mol. The van der Waals surface area contributed by atoms with Crippen molar-refractivity contribution in [3.63, 3.8) is 0 Å². The van der Waals surface area contributed by atoms with Crippen LogP contribution in [0, 0.1) is 23.2 Å². The van der Waals surface area contributed by atoms with Crippen LogP contribution in [0.5, 0.6) is 0 Å². The number of ether oxygens (including phenoxy) is 1. The highest BCUT2D eigenvalue weighted by Crippen LogP contribution is 2.43. The number of carbonyl (C=O) groups excluding carboxylic acids is 4. The van der Waals surface area contributed by atoms with Crippen LogP contribution in [0.25, 0.3) is 0 Å². The number of nitrogens with zero attached hydrogens (tertiary/aromatic N) is 2. The molecule has 2 fully saturated rings. The van der Waals surface area contributed by atoms with E-state index in [1.807, 2.05) is 25.7 Å². The minimum Gasteiger partial charge on any atom is -0.464 e. The summed E-state index contributed by atoms with van der Waals surface area (Å²) in [5, 5.41) is 2.94. The highest BCUT2D eigenvalue weighted by Gasteiger charge is 2.39. The Bertz CT molecular complexity index is 772. The van der Waals surface area contributed by atoms with Crippen molar-refractivity contribution in [2.45, 2.75) is 53.0 Å². The molecule has 1 saturated heterocycles. The van der Waals surface area contributed by atoms with Gasteiger partial charge in [-0.15, -0.1) is 0 Å². The van der Waals surface area contributed by atoms with Crippen molar-refractivity contribution in [2.24, 2.45) is 23.2 Å². The lowest BCUT2D eigenvalue weighted by Gasteiger charge is -2.41. The van der Waals surface area contributed by atoms with E-state index < -0.39 is 5.41 Å². The van der Waals surface area contributed by atoms with Crippen molar-refractivity contribution in [2.75, 3.05) is 39.3 Å². The number of ketones is 1. The lowest BCUT2D eigenvalue weighted by molar-refractivity contribution is -0.145. The smallest absolute Gasteiger partial charge is 0.302 e. The largest absolute Gasteiger partial charge is 0.464 e. The second-order valence-electron chi connectivity index (χ2n) is 10.4. The van der Waals surface area contributed by atoms with Gasteiger partial charge < -0.3 is 15.0 Å². The fourth-order valence-corrected chi connectivity index (χ4v) is 4.78. The average molecular weight is 448 g/mol. The van der Waals surface area contributed by atoms with Crippen LogP contribution < -0.4 is 5.32 Å². The first-order valence-electron chi connectivity index (χ1n) is 11.7. The summed E-state index contributed by atoms with van der Waals surface area (Å²) < 4.78 is 5.21. The number of piperazine rings is 1. The lowest BCUT2D eigenvalue weighted by Crippen LogP contribution is -2.58. The molecule has 3 aliphatic rings. The molecule has 178 valence electrons. The van der Waals surface area contributed by atoms with E-state index in [1.165, 1.54) is 6.92 Å². The molecule has 2 bridgehead atoms. The molecule has 0 aromatic rings. The van der Waals surface area contributed by atoms with Crippen LogP contribution in [-0.2, 0) is 23.9 Å². The molecule has 3 rings (SSSR count). The molecule has 2 amide bonds. The van der Waals surface area contributed by atoms with E-state index in [2.05, 4.69) is 17.5 Å². The van der Waals surface area contributed by atoms with E-state index in [1.54, 1.807) is 4.90 Å². The number of allylic oxidation sites excluding steroid dienone is 2. The SMILES string of the molecule is CC(=O)OCC1CN(C(=O)CCNC(=O)C2CC3C=CC2C3)CCN1CC(=O)C(C)(C)C. The Hall–Kier alpha value is -2.22. The maximum Gasteiger partial charge on any atom is 0.302 e. The summed E-state index contributed by atoms with van der Waals surface area (Å²) in [6.07, 6.45) is 6.58. The van der Waals surface area contributed by atoms with Crippen LogP contribution in [0.15, 0.2) is 12.2 Å².